The first-order chi connectivity index (χ1) is 8.65. The third-order valence-corrected chi connectivity index (χ3v) is 4.24. The number of rotatable bonds is 7. The maximum atomic E-state index is 3.58. The van der Waals surface area contributed by atoms with E-state index in [0.717, 1.165) is 24.9 Å². The van der Waals surface area contributed by atoms with E-state index in [2.05, 4.69) is 35.9 Å². The molecule has 1 saturated heterocycles. The van der Waals surface area contributed by atoms with Crippen LogP contribution >= 0.6 is 0 Å². The fraction of sp³-hybridized carbons (Fsp3) is 1.00. The molecule has 106 valence electrons. The van der Waals surface area contributed by atoms with Crippen molar-refractivity contribution in [3.63, 3.8) is 0 Å². The van der Waals surface area contributed by atoms with Gasteiger partial charge >= 0.3 is 0 Å². The molecular weight excluding hydrogens is 222 g/mol. The topological polar surface area (TPSA) is 18.5 Å². The molecule has 0 radical (unpaired) electrons. The normalized spacial score (nSPS) is 24.7. The quantitative estimate of drug-likeness (QED) is 0.744. The van der Waals surface area contributed by atoms with Crippen molar-refractivity contribution in [3.05, 3.63) is 0 Å². The Bertz CT molecular complexity index is 230. The van der Waals surface area contributed by atoms with Gasteiger partial charge in [0.25, 0.3) is 0 Å². The molecule has 0 amide bonds. The molecular formula is C15H31N3. The molecule has 2 aliphatic rings. The first-order valence-corrected chi connectivity index (χ1v) is 7.82. The van der Waals surface area contributed by atoms with Crippen molar-refractivity contribution in [2.45, 2.75) is 39.7 Å². The fourth-order valence-corrected chi connectivity index (χ4v) is 2.76. The summed E-state index contributed by atoms with van der Waals surface area (Å²) in [6, 6.07) is 0.687. The van der Waals surface area contributed by atoms with Crippen molar-refractivity contribution in [1.29, 1.82) is 0 Å². The predicted octanol–water partition coefficient (Wildman–Crippen LogP) is 1.65. The van der Waals surface area contributed by atoms with Crippen LogP contribution in [-0.4, -0.2) is 61.7 Å². The largest absolute Gasteiger partial charge is 0.315 e. The van der Waals surface area contributed by atoms with Gasteiger partial charge in [0.15, 0.2) is 0 Å². The second-order valence-corrected chi connectivity index (χ2v) is 6.68. The van der Waals surface area contributed by atoms with Crippen LogP contribution in [-0.2, 0) is 0 Å². The van der Waals surface area contributed by atoms with Crippen LogP contribution in [0.4, 0.5) is 0 Å². The molecule has 1 aliphatic heterocycles. The molecule has 2 fully saturated rings. The van der Waals surface area contributed by atoms with Crippen molar-refractivity contribution in [2.75, 3.05) is 45.8 Å². The lowest BCUT2D eigenvalue weighted by atomic mass is 10.2. The summed E-state index contributed by atoms with van der Waals surface area (Å²) in [5.74, 6) is 1.80. The van der Waals surface area contributed by atoms with Crippen LogP contribution in [0.5, 0.6) is 0 Å². The molecule has 1 unspecified atom stereocenters. The van der Waals surface area contributed by atoms with Gasteiger partial charge in [-0.25, -0.2) is 0 Å². The lowest BCUT2D eigenvalue weighted by molar-refractivity contribution is 0.0984. The molecule has 3 nitrogen and oxygen atoms in total. The number of hydrogen-bond acceptors (Lipinski definition) is 3. The van der Waals surface area contributed by atoms with Crippen LogP contribution in [0.3, 0.4) is 0 Å². The van der Waals surface area contributed by atoms with Gasteiger partial charge in [0, 0.05) is 45.3 Å². The zero-order valence-electron chi connectivity index (χ0n) is 12.5. The number of nitrogens with one attached hydrogen (secondary N) is 1. The van der Waals surface area contributed by atoms with Gasteiger partial charge in [-0.15, -0.1) is 0 Å². The van der Waals surface area contributed by atoms with Gasteiger partial charge in [-0.05, 0) is 38.1 Å². The van der Waals surface area contributed by atoms with E-state index in [0.29, 0.717) is 6.04 Å². The summed E-state index contributed by atoms with van der Waals surface area (Å²) in [7, 11) is 0. The van der Waals surface area contributed by atoms with Gasteiger partial charge in [-0.1, -0.05) is 13.8 Å². The van der Waals surface area contributed by atoms with Gasteiger partial charge < -0.3 is 10.2 Å². The van der Waals surface area contributed by atoms with Crippen LogP contribution in [0.2, 0.25) is 0 Å². The van der Waals surface area contributed by atoms with E-state index in [-0.39, 0.29) is 0 Å². The van der Waals surface area contributed by atoms with Crippen LogP contribution in [0.25, 0.3) is 0 Å². The Hall–Kier alpha value is -0.120. The summed E-state index contributed by atoms with van der Waals surface area (Å²) >= 11 is 0. The van der Waals surface area contributed by atoms with Crippen molar-refractivity contribution in [3.8, 4) is 0 Å². The minimum Gasteiger partial charge on any atom is -0.315 e. The summed E-state index contributed by atoms with van der Waals surface area (Å²) in [6.07, 6.45) is 2.96. The van der Waals surface area contributed by atoms with E-state index in [1.807, 2.05) is 0 Å². The molecule has 0 bridgehead atoms. The summed E-state index contributed by atoms with van der Waals surface area (Å²) in [4.78, 5) is 5.32. The molecule has 1 N–H and O–H groups in total. The van der Waals surface area contributed by atoms with Crippen LogP contribution in [0.1, 0.15) is 33.6 Å². The summed E-state index contributed by atoms with van der Waals surface area (Å²) < 4.78 is 0. The van der Waals surface area contributed by atoms with Crippen molar-refractivity contribution in [2.24, 2.45) is 11.8 Å². The number of hydrogen-bond donors (Lipinski definition) is 1. The lowest BCUT2D eigenvalue weighted by Gasteiger charge is -2.38. The monoisotopic (exact) mass is 253 g/mol. The highest BCUT2D eigenvalue weighted by atomic mass is 15.3. The molecule has 2 rings (SSSR count). The summed E-state index contributed by atoms with van der Waals surface area (Å²) in [5.41, 5.74) is 0. The predicted molar refractivity (Wildman–Crippen MR) is 77.9 cm³/mol. The molecule has 1 atom stereocenters. The third kappa shape index (κ3) is 4.87. The number of nitrogens with zero attached hydrogens (tertiary/aromatic N) is 2. The molecule has 0 aromatic rings. The average molecular weight is 253 g/mol. The van der Waals surface area contributed by atoms with E-state index in [4.69, 9.17) is 0 Å². The SMILES string of the molecule is CC(C)CNCC(C)N1CCN(CC2CC2)CC1. The second-order valence-electron chi connectivity index (χ2n) is 6.68. The minimum absolute atomic E-state index is 0.687. The molecule has 0 spiro atoms. The second kappa shape index (κ2) is 6.88. The maximum absolute atomic E-state index is 3.58. The molecule has 1 heterocycles. The molecule has 0 aromatic heterocycles. The van der Waals surface area contributed by atoms with Gasteiger partial charge in [0.1, 0.15) is 0 Å². The Morgan fingerprint density at radius 3 is 2.22 bits per heavy atom. The highest BCUT2D eigenvalue weighted by Crippen LogP contribution is 2.29. The highest BCUT2D eigenvalue weighted by Gasteiger charge is 2.27. The van der Waals surface area contributed by atoms with Gasteiger partial charge in [0.2, 0.25) is 0 Å². The van der Waals surface area contributed by atoms with E-state index in [1.54, 1.807) is 0 Å². The maximum Gasteiger partial charge on any atom is 0.0193 e. The lowest BCUT2D eigenvalue weighted by Crippen LogP contribution is -2.52. The Morgan fingerprint density at radius 1 is 1.00 bits per heavy atom. The first-order valence-electron chi connectivity index (χ1n) is 7.82. The molecule has 18 heavy (non-hydrogen) atoms. The van der Waals surface area contributed by atoms with Crippen LogP contribution in [0.15, 0.2) is 0 Å². The Balaban J connectivity index is 1.58. The van der Waals surface area contributed by atoms with Gasteiger partial charge in [-0.3, -0.25) is 4.90 Å². The first kappa shape index (κ1) is 14.3. The number of piperazine rings is 1. The Kier molecular flexibility index (Phi) is 5.46. The smallest absolute Gasteiger partial charge is 0.0193 e. The van der Waals surface area contributed by atoms with Gasteiger partial charge in [-0.2, -0.15) is 0 Å². The average Bonchev–Trinajstić information content (AvgIpc) is 3.13. The minimum atomic E-state index is 0.687. The highest BCUT2D eigenvalue weighted by molar-refractivity contribution is 4.82. The molecule has 0 aromatic carbocycles. The standard InChI is InChI=1S/C15H31N3/c1-13(2)10-16-11-14(3)18-8-6-17(7-9-18)12-15-4-5-15/h13-16H,4-12H2,1-3H3. The molecule has 1 saturated carbocycles. The molecule has 1 aliphatic carbocycles. The van der Waals surface area contributed by atoms with Crippen LogP contribution < -0.4 is 5.32 Å². The summed E-state index contributed by atoms with van der Waals surface area (Å²) in [6.45, 7) is 15.7. The van der Waals surface area contributed by atoms with Crippen molar-refractivity contribution < 1.29 is 0 Å². The van der Waals surface area contributed by atoms with Gasteiger partial charge in [0.05, 0.1) is 0 Å². The zero-order valence-corrected chi connectivity index (χ0v) is 12.5. The van der Waals surface area contributed by atoms with E-state index in [1.165, 1.54) is 45.6 Å². The van der Waals surface area contributed by atoms with Crippen LogP contribution in [0, 0.1) is 11.8 Å². The van der Waals surface area contributed by atoms with E-state index in [9.17, 15) is 0 Å². The van der Waals surface area contributed by atoms with E-state index < -0.39 is 0 Å². The third-order valence-electron chi connectivity index (χ3n) is 4.24. The van der Waals surface area contributed by atoms with Crippen molar-refractivity contribution >= 4 is 0 Å². The summed E-state index contributed by atoms with van der Waals surface area (Å²) in [5, 5.41) is 3.58. The molecule has 3 heteroatoms. The zero-order chi connectivity index (χ0) is 13.0. The van der Waals surface area contributed by atoms with E-state index >= 15 is 0 Å². The Morgan fingerprint density at radius 2 is 1.67 bits per heavy atom. The Labute approximate surface area is 113 Å². The fourth-order valence-electron chi connectivity index (χ4n) is 2.76. The van der Waals surface area contributed by atoms with Crippen molar-refractivity contribution in [1.82, 2.24) is 15.1 Å².